The molecule has 0 fully saturated rings. The van der Waals surface area contributed by atoms with Crippen molar-refractivity contribution >= 4 is 11.8 Å². The molecule has 1 nitrogen and oxygen atoms in total. The van der Waals surface area contributed by atoms with Gasteiger partial charge >= 0.3 is 6.18 Å². The fourth-order valence-electron chi connectivity index (χ4n) is 2.57. The maximum atomic E-state index is 13.7. The van der Waals surface area contributed by atoms with Gasteiger partial charge in [-0.3, -0.25) is 0 Å². The zero-order chi connectivity index (χ0) is 18.4. The predicted octanol–water partition coefficient (Wildman–Crippen LogP) is 6.50. The molecule has 0 saturated heterocycles. The van der Waals surface area contributed by atoms with E-state index >= 15 is 0 Å². The van der Waals surface area contributed by atoms with Crippen molar-refractivity contribution in [1.82, 2.24) is 0 Å². The van der Waals surface area contributed by atoms with Gasteiger partial charge in [0.2, 0.25) is 6.10 Å². The van der Waals surface area contributed by atoms with Crippen LogP contribution in [0.3, 0.4) is 0 Å². The van der Waals surface area contributed by atoms with Gasteiger partial charge in [0.1, 0.15) is 5.76 Å². The molecule has 0 saturated carbocycles. The van der Waals surface area contributed by atoms with Gasteiger partial charge in [0.05, 0.1) is 0 Å². The third kappa shape index (κ3) is 4.54. The van der Waals surface area contributed by atoms with Crippen LogP contribution in [0.5, 0.6) is 0 Å². The summed E-state index contributed by atoms with van der Waals surface area (Å²) >= 11 is 0. The summed E-state index contributed by atoms with van der Waals surface area (Å²) in [6.45, 7) is 0. The number of halogens is 3. The minimum absolute atomic E-state index is 0.0647. The zero-order valence-corrected chi connectivity index (χ0v) is 13.9. The molecule has 3 rings (SSSR count). The van der Waals surface area contributed by atoms with E-state index in [1.54, 1.807) is 48.5 Å². The fourth-order valence-corrected chi connectivity index (χ4v) is 2.57. The maximum absolute atomic E-state index is 13.7. The topological polar surface area (TPSA) is 9.23 Å². The Hall–Kier alpha value is -3.01. The van der Waals surface area contributed by atoms with Crippen molar-refractivity contribution in [3.8, 4) is 0 Å². The van der Waals surface area contributed by atoms with E-state index in [0.29, 0.717) is 5.56 Å². The molecule has 0 aliphatic rings. The Labute approximate surface area is 150 Å². The summed E-state index contributed by atoms with van der Waals surface area (Å²) in [6.07, 6.45) is -4.96. The number of alkyl halides is 3. The van der Waals surface area contributed by atoms with Crippen molar-refractivity contribution in [2.24, 2.45) is 0 Å². The molecule has 4 heteroatoms. The molecule has 1 atom stereocenters. The van der Waals surface area contributed by atoms with E-state index in [-0.39, 0.29) is 11.3 Å². The number of ether oxygens (including phenoxy) is 1. The smallest absolute Gasteiger partial charge is 0.429 e. The zero-order valence-electron chi connectivity index (χ0n) is 13.9. The lowest BCUT2D eigenvalue weighted by Gasteiger charge is -2.24. The van der Waals surface area contributed by atoms with Crippen LogP contribution in [-0.4, -0.2) is 6.18 Å². The molecule has 0 aromatic heterocycles. The molecule has 132 valence electrons. The molecule has 0 bridgehead atoms. The largest absolute Gasteiger partial charge is 0.476 e. The number of rotatable bonds is 5. The molecule has 0 amide bonds. The van der Waals surface area contributed by atoms with Gasteiger partial charge in [0.15, 0.2) is 0 Å². The van der Waals surface area contributed by atoms with E-state index in [2.05, 4.69) is 0 Å². The van der Waals surface area contributed by atoms with Crippen LogP contribution in [0.15, 0.2) is 91.0 Å². The lowest BCUT2D eigenvalue weighted by molar-refractivity contribution is -0.204. The van der Waals surface area contributed by atoms with Crippen molar-refractivity contribution in [3.05, 3.63) is 108 Å². The fraction of sp³-hybridized carbons (Fsp3) is 0.0909. The van der Waals surface area contributed by atoms with Gasteiger partial charge in [-0.2, -0.15) is 13.2 Å². The molecule has 0 aliphatic carbocycles. The highest BCUT2D eigenvalue weighted by Gasteiger charge is 2.43. The van der Waals surface area contributed by atoms with Crippen LogP contribution in [0.1, 0.15) is 22.8 Å². The number of hydrogen-bond donors (Lipinski definition) is 0. The summed E-state index contributed by atoms with van der Waals surface area (Å²) in [5, 5.41) is 0. The first kappa shape index (κ1) is 17.8. The Kier molecular flexibility index (Phi) is 5.42. The Bertz CT molecular complexity index is 841. The summed E-state index contributed by atoms with van der Waals surface area (Å²) in [5.41, 5.74) is 1.41. The molecule has 3 aromatic rings. The summed E-state index contributed by atoms with van der Waals surface area (Å²) in [7, 11) is 0. The van der Waals surface area contributed by atoms with Crippen LogP contribution < -0.4 is 0 Å². The Morgan fingerprint density at radius 3 is 1.77 bits per heavy atom. The van der Waals surface area contributed by atoms with Crippen LogP contribution in [0, 0.1) is 0 Å². The van der Waals surface area contributed by atoms with Crippen LogP contribution in [0.4, 0.5) is 13.2 Å². The van der Waals surface area contributed by atoms with E-state index in [9.17, 15) is 13.2 Å². The average Bonchev–Trinajstić information content (AvgIpc) is 2.66. The van der Waals surface area contributed by atoms with E-state index < -0.39 is 12.3 Å². The van der Waals surface area contributed by atoms with Crippen LogP contribution in [-0.2, 0) is 4.74 Å². The molecule has 0 spiro atoms. The molecule has 0 N–H and O–H groups in total. The number of benzene rings is 3. The minimum Gasteiger partial charge on any atom is -0.476 e. The second kappa shape index (κ2) is 7.91. The predicted molar refractivity (Wildman–Crippen MR) is 97.1 cm³/mol. The summed E-state index contributed by atoms with van der Waals surface area (Å²) in [6, 6.07) is 25.6. The van der Waals surface area contributed by atoms with Crippen molar-refractivity contribution in [2.75, 3.05) is 0 Å². The van der Waals surface area contributed by atoms with Crippen molar-refractivity contribution in [1.29, 1.82) is 0 Å². The quantitative estimate of drug-likeness (QED) is 0.375. The molecule has 0 aliphatic heterocycles. The van der Waals surface area contributed by atoms with E-state index in [0.717, 1.165) is 5.56 Å². The first-order valence-corrected chi connectivity index (χ1v) is 8.14. The lowest BCUT2D eigenvalue weighted by atomic mass is 10.1. The molecule has 1 unspecified atom stereocenters. The van der Waals surface area contributed by atoms with E-state index in [1.807, 2.05) is 36.4 Å². The second-order valence-corrected chi connectivity index (χ2v) is 5.74. The monoisotopic (exact) mass is 354 g/mol. The Morgan fingerprint density at radius 2 is 1.23 bits per heavy atom. The summed E-state index contributed by atoms with van der Waals surface area (Å²) in [5.74, 6) is 0.169. The van der Waals surface area contributed by atoms with Crippen LogP contribution >= 0.6 is 0 Å². The third-order valence-electron chi connectivity index (χ3n) is 3.80. The average molecular weight is 354 g/mol. The molecule has 0 heterocycles. The molecule has 26 heavy (non-hydrogen) atoms. The van der Waals surface area contributed by atoms with E-state index in [1.165, 1.54) is 12.1 Å². The summed E-state index contributed by atoms with van der Waals surface area (Å²) in [4.78, 5) is 0. The molecular weight excluding hydrogens is 337 g/mol. The third-order valence-corrected chi connectivity index (χ3v) is 3.80. The Balaban J connectivity index is 2.02. The van der Waals surface area contributed by atoms with E-state index in [4.69, 9.17) is 4.74 Å². The highest BCUT2D eigenvalue weighted by molar-refractivity contribution is 5.77. The van der Waals surface area contributed by atoms with Crippen molar-refractivity contribution in [2.45, 2.75) is 12.3 Å². The van der Waals surface area contributed by atoms with Crippen molar-refractivity contribution < 1.29 is 17.9 Å². The van der Waals surface area contributed by atoms with Gasteiger partial charge in [0, 0.05) is 11.1 Å². The van der Waals surface area contributed by atoms with Crippen LogP contribution in [0.25, 0.3) is 11.8 Å². The molecule has 0 radical (unpaired) electrons. The lowest BCUT2D eigenvalue weighted by Crippen LogP contribution is -2.23. The molecule has 3 aromatic carbocycles. The van der Waals surface area contributed by atoms with Gasteiger partial charge in [-0.05, 0) is 11.6 Å². The molecular formula is C22H17F3O. The maximum Gasteiger partial charge on any atom is 0.429 e. The highest BCUT2D eigenvalue weighted by atomic mass is 19.4. The standard InChI is InChI=1S/C22H17F3O/c23-22(24,25)21(19-14-8-3-9-15-19)26-20(18-12-6-2-7-13-18)16-17-10-4-1-5-11-17/h1-16,21H/b20-16-. The van der Waals surface area contributed by atoms with Crippen molar-refractivity contribution in [3.63, 3.8) is 0 Å². The second-order valence-electron chi connectivity index (χ2n) is 5.74. The van der Waals surface area contributed by atoms with Crippen LogP contribution in [0.2, 0.25) is 0 Å². The van der Waals surface area contributed by atoms with Gasteiger partial charge in [-0.15, -0.1) is 0 Å². The first-order chi connectivity index (χ1) is 12.5. The normalized spacial score (nSPS) is 13.3. The number of hydrogen-bond acceptors (Lipinski definition) is 1. The minimum atomic E-state index is -4.54. The first-order valence-electron chi connectivity index (χ1n) is 8.14. The Morgan fingerprint density at radius 1 is 0.731 bits per heavy atom. The van der Waals surface area contributed by atoms with Gasteiger partial charge in [-0.1, -0.05) is 91.0 Å². The SMILES string of the molecule is FC(F)(F)C(O/C(=C\c1ccccc1)c1ccccc1)c1ccccc1. The summed E-state index contributed by atoms with van der Waals surface area (Å²) < 4.78 is 46.5. The van der Waals surface area contributed by atoms with Gasteiger partial charge < -0.3 is 4.74 Å². The highest BCUT2D eigenvalue weighted by Crippen LogP contribution is 2.39. The van der Waals surface area contributed by atoms with Gasteiger partial charge in [0.25, 0.3) is 0 Å². The van der Waals surface area contributed by atoms with Gasteiger partial charge in [-0.25, -0.2) is 0 Å².